The van der Waals surface area contributed by atoms with Crippen LogP contribution in [0, 0.1) is 0 Å². The average molecular weight is 354 g/mol. The Labute approximate surface area is 134 Å². The Hall–Kier alpha value is -1.22. The standard InChI is InChI=1S/C12H18O12/c13-1-3-4(15)5(16)6(17)11(22-3)24-12(2-14)9(19)7(18)8(23-12)10(20)21/h2-9,11,13,15-19H,1H2,(H,20,21)/t3-,4-,5+,6-,7-,8+,9+,11-,12+/m1/s1. The molecule has 0 aromatic rings. The minimum Gasteiger partial charge on any atom is -0.479 e. The Morgan fingerprint density at radius 1 is 1.08 bits per heavy atom. The van der Waals surface area contributed by atoms with Crippen molar-refractivity contribution in [3.05, 3.63) is 0 Å². The predicted octanol–water partition coefficient (Wildman–Crippen LogP) is -5.10. The van der Waals surface area contributed by atoms with Crippen LogP contribution in [0.5, 0.6) is 0 Å². The van der Waals surface area contributed by atoms with Gasteiger partial charge in [0.05, 0.1) is 6.61 Å². The molecule has 0 bridgehead atoms. The lowest BCUT2D eigenvalue weighted by atomic mass is 9.99. The Kier molecular flexibility index (Phi) is 5.54. The maximum atomic E-state index is 11.3. The minimum atomic E-state index is -2.70. The smallest absolute Gasteiger partial charge is 0.335 e. The Balaban J connectivity index is 2.23. The molecule has 2 fully saturated rings. The fourth-order valence-corrected chi connectivity index (χ4v) is 2.51. The number of carboxylic acid groups (broad SMARTS) is 1. The van der Waals surface area contributed by atoms with Crippen LogP contribution in [0.4, 0.5) is 0 Å². The van der Waals surface area contributed by atoms with Crippen molar-refractivity contribution in [3.8, 4) is 0 Å². The molecule has 9 atom stereocenters. The minimum absolute atomic E-state index is 0.134. The first-order valence-electron chi connectivity index (χ1n) is 6.90. The molecule has 7 N–H and O–H groups in total. The van der Waals surface area contributed by atoms with E-state index in [1.54, 1.807) is 0 Å². The number of aliphatic hydroxyl groups is 6. The second kappa shape index (κ2) is 6.95. The highest BCUT2D eigenvalue weighted by molar-refractivity contribution is 5.76. The Morgan fingerprint density at radius 3 is 2.17 bits per heavy atom. The molecule has 0 amide bonds. The Morgan fingerprint density at radius 2 is 1.71 bits per heavy atom. The van der Waals surface area contributed by atoms with Gasteiger partial charge in [0.1, 0.15) is 36.6 Å². The number of carbonyl (C=O) groups excluding carboxylic acids is 1. The third kappa shape index (κ3) is 3.03. The van der Waals surface area contributed by atoms with Crippen molar-refractivity contribution in [1.29, 1.82) is 0 Å². The van der Waals surface area contributed by atoms with Crippen LogP contribution in [0.2, 0.25) is 0 Å². The first kappa shape index (κ1) is 19.1. The second-order valence-corrected chi connectivity index (χ2v) is 5.47. The van der Waals surface area contributed by atoms with Crippen molar-refractivity contribution < 1.29 is 59.5 Å². The molecule has 2 rings (SSSR count). The van der Waals surface area contributed by atoms with Gasteiger partial charge in [-0.3, -0.25) is 4.79 Å². The third-order valence-corrected chi connectivity index (χ3v) is 3.91. The summed E-state index contributed by atoms with van der Waals surface area (Å²) in [5.41, 5.74) is 0. The van der Waals surface area contributed by atoms with Crippen LogP contribution in [0.3, 0.4) is 0 Å². The van der Waals surface area contributed by atoms with Crippen LogP contribution >= 0.6 is 0 Å². The van der Waals surface area contributed by atoms with Gasteiger partial charge in [0.2, 0.25) is 0 Å². The molecule has 138 valence electrons. The predicted molar refractivity (Wildman–Crippen MR) is 68.2 cm³/mol. The zero-order chi connectivity index (χ0) is 18.2. The molecular formula is C12H18O12. The number of carboxylic acids is 1. The van der Waals surface area contributed by atoms with Gasteiger partial charge in [-0.25, -0.2) is 4.79 Å². The molecule has 24 heavy (non-hydrogen) atoms. The topological polar surface area (TPSA) is 203 Å². The van der Waals surface area contributed by atoms with E-state index >= 15 is 0 Å². The van der Waals surface area contributed by atoms with Crippen molar-refractivity contribution in [1.82, 2.24) is 0 Å². The fourth-order valence-electron chi connectivity index (χ4n) is 2.51. The molecule has 0 radical (unpaired) electrons. The lowest BCUT2D eigenvalue weighted by Crippen LogP contribution is -2.62. The van der Waals surface area contributed by atoms with E-state index in [4.69, 9.17) is 24.4 Å². The van der Waals surface area contributed by atoms with Crippen LogP contribution in [0.1, 0.15) is 0 Å². The molecule has 0 aliphatic carbocycles. The SMILES string of the molecule is O=C[C@@]1(O[C@H]2O[C@H](CO)[C@@H](O)[C@H](O)[C@H]2O)O[C@H](C(=O)O)[C@@H](O)[C@@H]1O. The summed E-state index contributed by atoms with van der Waals surface area (Å²) in [6.07, 6.45) is -15.0. The average Bonchev–Trinajstić information content (AvgIpc) is 2.81. The van der Waals surface area contributed by atoms with Crippen LogP contribution in [-0.2, 0) is 23.8 Å². The maximum absolute atomic E-state index is 11.3. The molecule has 0 saturated carbocycles. The van der Waals surface area contributed by atoms with Crippen LogP contribution in [0.25, 0.3) is 0 Å². The van der Waals surface area contributed by atoms with E-state index in [9.17, 15) is 35.1 Å². The van der Waals surface area contributed by atoms with Crippen LogP contribution in [0.15, 0.2) is 0 Å². The summed E-state index contributed by atoms with van der Waals surface area (Å²) < 4.78 is 14.8. The van der Waals surface area contributed by atoms with Crippen LogP contribution in [-0.4, -0.2) is 109 Å². The lowest BCUT2D eigenvalue weighted by Gasteiger charge is -2.42. The summed E-state index contributed by atoms with van der Waals surface area (Å²) >= 11 is 0. The second-order valence-electron chi connectivity index (χ2n) is 5.47. The van der Waals surface area contributed by atoms with Crippen molar-refractivity contribution in [3.63, 3.8) is 0 Å². The summed E-state index contributed by atoms with van der Waals surface area (Å²) in [6, 6.07) is 0. The van der Waals surface area contributed by atoms with Gasteiger partial charge in [0.25, 0.3) is 5.79 Å². The molecule has 0 aromatic heterocycles. The van der Waals surface area contributed by atoms with Crippen molar-refractivity contribution in [2.24, 2.45) is 0 Å². The van der Waals surface area contributed by atoms with Crippen molar-refractivity contribution >= 4 is 12.3 Å². The van der Waals surface area contributed by atoms with Gasteiger partial charge < -0.3 is 50.0 Å². The highest BCUT2D eigenvalue weighted by atomic mass is 16.8. The molecule has 0 unspecified atom stereocenters. The summed E-state index contributed by atoms with van der Waals surface area (Å²) in [7, 11) is 0. The maximum Gasteiger partial charge on any atom is 0.335 e. The zero-order valence-electron chi connectivity index (χ0n) is 12.1. The highest BCUT2D eigenvalue weighted by Gasteiger charge is 2.60. The summed E-state index contributed by atoms with van der Waals surface area (Å²) in [5, 5.41) is 66.7. The zero-order valence-corrected chi connectivity index (χ0v) is 12.1. The van der Waals surface area contributed by atoms with Gasteiger partial charge in [-0.05, 0) is 0 Å². The van der Waals surface area contributed by atoms with Gasteiger partial charge in [-0.1, -0.05) is 0 Å². The van der Waals surface area contributed by atoms with E-state index in [2.05, 4.69) is 0 Å². The number of aliphatic carboxylic acids is 1. The number of aliphatic hydroxyl groups excluding tert-OH is 6. The van der Waals surface area contributed by atoms with E-state index in [1.807, 2.05) is 0 Å². The summed E-state index contributed by atoms with van der Waals surface area (Å²) in [6.45, 7) is -0.775. The monoisotopic (exact) mass is 354 g/mol. The number of hydrogen-bond donors (Lipinski definition) is 7. The largest absolute Gasteiger partial charge is 0.479 e. The van der Waals surface area contributed by atoms with Gasteiger partial charge in [0, 0.05) is 0 Å². The van der Waals surface area contributed by atoms with Crippen molar-refractivity contribution in [2.45, 2.75) is 54.8 Å². The van der Waals surface area contributed by atoms with Gasteiger partial charge in [-0.2, -0.15) is 0 Å². The fraction of sp³-hybridized carbons (Fsp3) is 0.833. The molecule has 2 aliphatic heterocycles. The van der Waals surface area contributed by atoms with Crippen LogP contribution < -0.4 is 0 Å². The molecule has 2 saturated heterocycles. The summed E-state index contributed by atoms with van der Waals surface area (Å²) in [5.74, 6) is -4.38. The quantitative estimate of drug-likeness (QED) is 0.232. The van der Waals surface area contributed by atoms with E-state index in [0.29, 0.717) is 0 Å². The highest BCUT2D eigenvalue weighted by Crippen LogP contribution is 2.35. The number of hydrogen-bond acceptors (Lipinski definition) is 11. The molecule has 2 heterocycles. The third-order valence-electron chi connectivity index (χ3n) is 3.91. The number of rotatable bonds is 5. The van der Waals surface area contributed by atoms with E-state index in [1.165, 1.54) is 0 Å². The number of ether oxygens (including phenoxy) is 3. The summed E-state index contributed by atoms with van der Waals surface area (Å²) in [4.78, 5) is 22.3. The first-order chi connectivity index (χ1) is 11.2. The molecule has 0 spiro atoms. The van der Waals surface area contributed by atoms with Gasteiger partial charge in [0.15, 0.2) is 18.7 Å². The van der Waals surface area contributed by atoms with E-state index in [0.717, 1.165) is 0 Å². The van der Waals surface area contributed by atoms with E-state index < -0.39 is 67.4 Å². The van der Waals surface area contributed by atoms with E-state index in [-0.39, 0.29) is 6.29 Å². The molecule has 2 aliphatic rings. The molecule has 0 aromatic carbocycles. The normalized spacial score (nSPS) is 49.1. The molecule has 12 nitrogen and oxygen atoms in total. The lowest BCUT2D eigenvalue weighted by molar-refractivity contribution is -0.361. The van der Waals surface area contributed by atoms with Gasteiger partial charge >= 0.3 is 5.97 Å². The Bertz CT molecular complexity index is 483. The first-order valence-corrected chi connectivity index (χ1v) is 6.90. The number of carbonyl (C=O) groups is 2. The van der Waals surface area contributed by atoms with Crippen molar-refractivity contribution in [2.75, 3.05) is 6.61 Å². The molecule has 12 heteroatoms. The van der Waals surface area contributed by atoms with Gasteiger partial charge in [-0.15, -0.1) is 0 Å². The number of aldehydes is 1. The molecular weight excluding hydrogens is 336 g/mol.